The maximum Gasteiger partial charge on any atom is 0.171 e. The molecule has 0 saturated carbocycles. The van der Waals surface area contributed by atoms with Gasteiger partial charge in [0, 0.05) is 16.2 Å². The molecule has 0 N–H and O–H groups in total. The topological polar surface area (TPSA) is 34.1 Å². The van der Waals surface area contributed by atoms with Crippen LogP contribution >= 0.6 is 11.6 Å². The number of carbonyl (C=O) groups is 2. The monoisotopic (exact) mass is 232 g/mol. The van der Waals surface area contributed by atoms with Crippen LogP contribution in [0.3, 0.4) is 0 Å². The van der Waals surface area contributed by atoms with Crippen LogP contribution < -0.4 is 0 Å². The van der Waals surface area contributed by atoms with Gasteiger partial charge in [-0.3, -0.25) is 9.59 Å². The highest BCUT2D eigenvalue weighted by Crippen LogP contribution is 2.38. The lowest BCUT2D eigenvalue weighted by molar-refractivity contribution is -0.120. The molecule has 3 rings (SSSR count). The van der Waals surface area contributed by atoms with E-state index in [1.807, 2.05) is 12.1 Å². The van der Waals surface area contributed by atoms with Gasteiger partial charge in [0.15, 0.2) is 11.6 Å². The molecule has 2 nitrogen and oxygen atoms in total. The number of allylic oxidation sites excluding steroid dienone is 2. The number of carbonyl (C=O) groups excluding carboxylic acids is 2. The predicted molar refractivity (Wildman–Crippen MR) is 61.3 cm³/mol. The van der Waals surface area contributed by atoms with Gasteiger partial charge in [0.2, 0.25) is 0 Å². The van der Waals surface area contributed by atoms with Crippen molar-refractivity contribution < 1.29 is 9.59 Å². The first-order valence-electron chi connectivity index (χ1n) is 5.25. The first-order valence-corrected chi connectivity index (χ1v) is 5.63. The van der Waals surface area contributed by atoms with Crippen molar-refractivity contribution in [3.05, 3.63) is 39.9 Å². The van der Waals surface area contributed by atoms with E-state index in [1.54, 1.807) is 6.07 Å². The van der Waals surface area contributed by atoms with Gasteiger partial charge in [0.25, 0.3) is 0 Å². The summed E-state index contributed by atoms with van der Waals surface area (Å²) in [6.07, 6.45) is 1.55. The molecule has 0 radical (unpaired) electrons. The van der Waals surface area contributed by atoms with E-state index in [9.17, 15) is 9.59 Å². The molecule has 0 saturated heterocycles. The zero-order valence-electron chi connectivity index (χ0n) is 8.55. The smallest absolute Gasteiger partial charge is 0.171 e. The third-order valence-electron chi connectivity index (χ3n) is 3.22. The summed E-state index contributed by atoms with van der Waals surface area (Å²) < 4.78 is 0. The van der Waals surface area contributed by atoms with Crippen LogP contribution in [0.4, 0.5) is 0 Å². The zero-order chi connectivity index (χ0) is 11.3. The number of benzene rings is 1. The van der Waals surface area contributed by atoms with E-state index in [0.29, 0.717) is 22.6 Å². The average molecular weight is 233 g/mol. The molecule has 0 atom stereocenters. The third-order valence-corrected chi connectivity index (χ3v) is 3.46. The molecule has 0 spiro atoms. The Morgan fingerprint density at radius 2 is 1.88 bits per heavy atom. The molecule has 0 unspecified atom stereocenters. The summed E-state index contributed by atoms with van der Waals surface area (Å²) in [5.41, 5.74) is 3.31. The molecule has 1 aromatic rings. The summed E-state index contributed by atoms with van der Waals surface area (Å²) in [5, 5.41) is 0.611. The SMILES string of the molecule is O=C1CC(=O)C2=C1CCc1ccc(Cl)cc12. The summed E-state index contributed by atoms with van der Waals surface area (Å²) in [6.45, 7) is 0. The van der Waals surface area contributed by atoms with Crippen LogP contribution in [0.2, 0.25) is 5.02 Å². The second-order valence-electron chi connectivity index (χ2n) is 4.18. The summed E-state index contributed by atoms with van der Waals surface area (Å²) in [7, 11) is 0. The lowest BCUT2D eigenvalue weighted by atomic mass is 9.87. The Morgan fingerprint density at radius 3 is 2.69 bits per heavy atom. The average Bonchev–Trinajstić information content (AvgIpc) is 2.54. The minimum absolute atomic E-state index is 0.00868. The van der Waals surface area contributed by atoms with Crippen molar-refractivity contribution in [2.75, 3.05) is 0 Å². The van der Waals surface area contributed by atoms with Gasteiger partial charge in [0.05, 0.1) is 6.42 Å². The molecule has 0 aliphatic heterocycles. The first-order chi connectivity index (χ1) is 7.66. The van der Waals surface area contributed by atoms with Gasteiger partial charge in [0.1, 0.15) is 0 Å². The van der Waals surface area contributed by atoms with Crippen LogP contribution in [0.1, 0.15) is 24.0 Å². The molecule has 80 valence electrons. The predicted octanol–water partition coefficient (Wildman–Crippen LogP) is 2.58. The molecule has 0 aromatic heterocycles. The number of aryl methyl sites for hydroxylation is 1. The highest BCUT2D eigenvalue weighted by atomic mass is 35.5. The van der Waals surface area contributed by atoms with E-state index in [0.717, 1.165) is 17.5 Å². The van der Waals surface area contributed by atoms with Gasteiger partial charge < -0.3 is 0 Å². The maximum atomic E-state index is 11.8. The Labute approximate surface area is 97.9 Å². The number of Topliss-reactive ketones (excluding diaryl/α,β-unsaturated/α-hetero) is 2. The van der Waals surface area contributed by atoms with Crippen LogP contribution in [0.15, 0.2) is 23.8 Å². The number of ketones is 2. The summed E-state index contributed by atoms with van der Waals surface area (Å²) in [6, 6.07) is 5.56. The van der Waals surface area contributed by atoms with Gasteiger partial charge in [-0.25, -0.2) is 0 Å². The highest BCUT2D eigenvalue weighted by molar-refractivity contribution is 6.39. The Hall–Kier alpha value is -1.41. The van der Waals surface area contributed by atoms with Crippen LogP contribution in [-0.4, -0.2) is 11.6 Å². The summed E-state index contributed by atoms with van der Waals surface area (Å²) >= 11 is 5.93. The molecular weight excluding hydrogens is 224 g/mol. The van der Waals surface area contributed by atoms with E-state index < -0.39 is 0 Å². The molecule has 16 heavy (non-hydrogen) atoms. The number of hydrogen-bond acceptors (Lipinski definition) is 2. The lowest BCUT2D eigenvalue weighted by Gasteiger charge is -2.17. The van der Waals surface area contributed by atoms with Gasteiger partial charge in [-0.15, -0.1) is 0 Å². The highest BCUT2D eigenvalue weighted by Gasteiger charge is 2.34. The van der Waals surface area contributed by atoms with Crippen molar-refractivity contribution in [3.8, 4) is 0 Å². The molecule has 0 fully saturated rings. The molecule has 3 heteroatoms. The number of hydrogen-bond donors (Lipinski definition) is 0. The lowest BCUT2D eigenvalue weighted by Crippen LogP contribution is -2.06. The fourth-order valence-corrected chi connectivity index (χ4v) is 2.66. The van der Waals surface area contributed by atoms with E-state index in [-0.39, 0.29) is 18.0 Å². The Morgan fingerprint density at radius 1 is 1.06 bits per heavy atom. The van der Waals surface area contributed by atoms with Gasteiger partial charge in [-0.2, -0.15) is 0 Å². The van der Waals surface area contributed by atoms with E-state index in [2.05, 4.69) is 0 Å². The van der Waals surface area contributed by atoms with Crippen LogP contribution in [0, 0.1) is 0 Å². The minimum atomic E-state index is -0.0526. The molecule has 0 heterocycles. The van der Waals surface area contributed by atoms with Crippen LogP contribution in [-0.2, 0) is 16.0 Å². The van der Waals surface area contributed by atoms with Crippen LogP contribution in [0.25, 0.3) is 5.57 Å². The number of fused-ring (bicyclic) bond motifs is 2. The fourth-order valence-electron chi connectivity index (χ4n) is 2.48. The van der Waals surface area contributed by atoms with E-state index in [1.165, 1.54) is 0 Å². The second kappa shape index (κ2) is 3.29. The normalized spacial score (nSPS) is 18.8. The number of halogens is 1. The summed E-state index contributed by atoms with van der Waals surface area (Å²) in [5.74, 6) is -0.0613. The first kappa shape index (κ1) is 9.79. The van der Waals surface area contributed by atoms with Crippen molar-refractivity contribution >= 4 is 28.7 Å². The third kappa shape index (κ3) is 1.26. The van der Waals surface area contributed by atoms with Crippen molar-refractivity contribution in [2.45, 2.75) is 19.3 Å². The Bertz CT molecular complexity index is 555. The molecule has 0 amide bonds. The molecular formula is C13H9ClO2. The largest absolute Gasteiger partial charge is 0.294 e. The van der Waals surface area contributed by atoms with Gasteiger partial charge in [-0.1, -0.05) is 17.7 Å². The standard InChI is InChI=1S/C13H9ClO2/c14-8-3-1-7-2-4-9-11(15)6-12(16)13(9)10(7)5-8/h1,3,5H,2,4,6H2. The molecule has 2 aliphatic rings. The Kier molecular flexibility index (Phi) is 2.01. The Balaban J connectivity index is 2.27. The van der Waals surface area contributed by atoms with E-state index in [4.69, 9.17) is 11.6 Å². The van der Waals surface area contributed by atoms with Crippen LogP contribution in [0.5, 0.6) is 0 Å². The molecule has 0 bridgehead atoms. The number of rotatable bonds is 0. The van der Waals surface area contributed by atoms with Crippen molar-refractivity contribution in [1.29, 1.82) is 0 Å². The second-order valence-corrected chi connectivity index (χ2v) is 4.61. The fraction of sp³-hybridized carbons (Fsp3) is 0.231. The zero-order valence-corrected chi connectivity index (χ0v) is 9.30. The molecule has 2 aliphatic carbocycles. The maximum absolute atomic E-state index is 11.8. The molecule has 1 aromatic carbocycles. The van der Waals surface area contributed by atoms with Crippen molar-refractivity contribution in [1.82, 2.24) is 0 Å². The van der Waals surface area contributed by atoms with Gasteiger partial charge in [-0.05, 0) is 36.1 Å². The quantitative estimate of drug-likeness (QED) is 0.645. The van der Waals surface area contributed by atoms with E-state index >= 15 is 0 Å². The summed E-state index contributed by atoms with van der Waals surface area (Å²) in [4.78, 5) is 23.4. The van der Waals surface area contributed by atoms with Crippen molar-refractivity contribution in [2.24, 2.45) is 0 Å². The minimum Gasteiger partial charge on any atom is -0.294 e. The van der Waals surface area contributed by atoms with Gasteiger partial charge >= 0.3 is 0 Å². The van der Waals surface area contributed by atoms with Crippen molar-refractivity contribution in [3.63, 3.8) is 0 Å².